The van der Waals surface area contributed by atoms with E-state index in [-0.39, 0.29) is 5.56 Å². The van der Waals surface area contributed by atoms with Crippen molar-refractivity contribution in [3.05, 3.63) is 64.1 Å². The zero-order valence-corrected chi connectivity index (χ0v) is 15.8. The third-order valence-corrected chi connectivity index (χ3v) is 5.62. The molecular formula is C20H20N8O. The quantitative estimate of drug-likeness (QED) is 0.570. The van der Waals surface area contributed by atoms with Crippen LogP contribution in [0.2, 0.25) is 0 Å². The molecule has 4 aromatic rings. The minimum Gasteiger partial charge on any atom is -0.312 e. The lowest BCUT2D eigenvalue weighted by Crippen LogP contribution is -2.34. The highest BCUT2D eigenvalue weighted by Crippen LogP contribution is 2.39. The van der Waals surface area contributed by atoms with Crippen molar-refractivity contribution in [3.8, 4) is 11.4 Å². The van der Waals surface area contributed by atoms with Crippen LogP contribution in [0.5, 0.6) is 0 Å². The molecular weight excluding hydrogens is 368 g/mol. The number of nitrogens with zero attached hydrogens (tertiary/aromatic N) is 7. The van der Waals surface area contributed by atoms with Gasteiger partial charge >= 0.3 is 0 Å². The van der Waals surface area contributed by atoms with E-state index in [4.69, 9.17) is 0 Å². The highest BCUT2D eigenvalue weighted by Gasteiger charge is 2.32. The molecule has 0 unspecified atom stereocenters. The number of aromatic amines is 1. The van der Waals surface area contributed by atoms with Gasteiger partial charge in [0.2, 0.25) is 0 Å². The number of rotatable bonds is 4. The monoisotopic (exact) mass is 388 g/mol. The lowest BCUT2D eigenvalue weighted by molar-refractivity contribution is 0.205. The van der Waals surface area contributed by atoms with Gasteiger partial charge in [-0.15, -0.1) is 10.2 Å². The molecule has 4 heterocycles. The molecule has 1 fully saturated rings. The molecule has 1 N–H and O–H groups in total. The maximum Gasteiger partial charge on any atom is 0.274 e. The van der Waals surface area contributed by atoms with Gasteiger partial charge in [0.1, 0.15) is 11.6 Å². The maximum absolute atomic E-state index is 12.6. The summed E-state index contributed by atoms with van der Waals surface area (Å²) < 4.78 is 3.65. The highest BCUT2D eigenvalue weighted by molar-refractivity contribution is 5.56. The molecule has 2 aliphatic rings. The van der Waals surface area contributed by atoms with Crippen molar-refractivity contribution in [2.45, 2.75) is 38.4 Å². The van der Waals surface area contributed by atoms with Crippen molar-refractivity contribution in [1.82, 2.24) is 39.2 Å². The van der Waals surface area contributed by atoms with E-state index in [2.05, 4.69) is 34.7 Å². The molecule has 9 heteroatoms. The van der Waals surface area contributed by atoms with E-state index >= 15 is 0 Å². The predicted octanol–water partition coefficient (Wildman–Crippen LogP) is 1.57. The van der Waals surface area contributed by atoms with E-state index < -0.39 is 0 Å². The standard InChI is InChI=1S/C20H20N8O/c29-17-10-15(21-20-22-18(25-28(17)20)13-4-2-1-3-5-13)11-26-8-9-27-16(12-26)23-24-19(27)14-6-7-14/h1-5,10,14H,6-9,11-12H2,(H,21,22,25). The summed E-state index contributed by atoms with van der Waals surface area (Å²) in [7, 11) is 0. The first kappa shape index (κ1) is 16.6. The Hall–Kier alpha value is -3.33. The van der Waals surface area contributed by atoms with E-state index in [1.165, 1.54) is 17.4 Å². The van der Waals surface area contributed by atoms with Crippen molar-refractivity contribution >= 4 is 5.78 Å². The van der Waals surface area contributed by atoms with Gasteiger partial charge in [0, 0.05) is 37.2 Å². The first-order valence-corrected chi connectivity index (χ1v) is 9.93. The van der Waals surface area contributed by atoms with Gasteiger partial charge in [-0.05, 0) is 12.8 Å². The first-order valence-electron chi connectivity index (χ1n) is 9.93. The summed E-state index contributed by atoms with van der Waals surface area (Å²) in [5, 5.41) is 11.8. The second-order valence-corrected chi connectivity index (χ2v) is 7.77. The predicted molar refractivity (Wildman–Crippen MR) is 105 cm³/mol. The van der Waals surface area contributed by atoms with E-state index in [1.807, 2.05) is 30.3 Å². The summed E-state index contributed by atoms with van der Waals surface area (Å²) in [5.74, 6) is 3.77. The second-order valence-electron chi connectivity index (χ2n) is 7.77. The molecule has 6 rings (SSSR count). The summed E-state index contributed by atoms with van der Waals surface area (Å²) in [6.45, 7) is 3.08. The molecule has 1 aliphatic heterocycles. The SMILES string of the molecule is O=c1cc(CN2CCn3c(nnc3C3CC3)C2)nc2nc(-c3ccccc3)[nH]n12. The normalized spacial score (nSPS) is 17.0. The Balaban J connectivity index is 1.26. The minimum absolute atomic E-state index is 0.157. The Kier molecular flexibility index (Phi) is 3.63. The molecule has 0 spiro atoms. The van der Waals surface area contributed by atoms with Gasteiger partial charge in [-0.3, -0.25) is 14.8 Å². The van der Waals surface area contributed by atoms with Crippen molar-refractivity contribution in [2.24, 2.45) is 0 Å². The van der Waals surface area contributed by atoms with Crippen LogP contribution in [-0.4, -0.2) is 45.8 Å². The minimum atomic E-state index is -0.157. The summed E-state index contributed by atoms with van der Waals surface area (Å²) >= 11 is 0. The van der Waals surface area contributed by atoms with Gasteiger partial charge in [-0.25, -0.2) is 4.98 Å². The van der Waals surface area contributed by atoms with Crippen LogP contribution < -0.4 is 5.56 Å². The molecule has 1 aromatic carbocycles. The number of aromatic nitrogens is 7. The van der Waals surface area contributed by atoms with Gasteiger partial charge in [-0.1, -0.05) is 30.3 Å². The number of hydrogen-bond acceptors (Lipinski definition) is 6. The van der Waals surface area contributed by atoms with Crippen LogP contribution in [0.25, 0.3) is 17.2 Å². The molecule has 0 saturated heterocycles. The van der Waals surface area contributed by atoms with Crippen molar-refractivity contribution in [2.75, 3.05) is 6.54 Å². The molecule has 29 heavy (non-hydrogen) atoms. The number of nitrogens with one attached hydrogen (secondary N) is 1. The van der Waals surface area contributed by atoms with Gasteiger partial charge < -0.3 is 4.57 Å². The number of benzene rings is 1. The lowest BCUT2D eigenvalue weighted by Gasteiger charge is -2.27. The molecule has 0 radical (unpaired) electrons. The van der Waals surface area contributed by atoms with E-state index in [0.717, 1.165) is 42.5 Å². The molecule has 0 bridgehead atoms. The zero-order valence-electron chi connectivity index (χ0n) is 15.8. The van der Waals surface area contributed by atoms with Gasteiger partial charge in [-0.2, -0.15) is 9.50 Å². The zero-order chi connectivity index (χ0) is 19.4. The van der Waals surface area contributed by atoms with E-state index in [9.17, 15) is 4.79 Å². The van der Waals surface area contributed by atoms with Gasteiger partial charge in [0.15, 0.2) is 5.82 Å². The molecule has 0 amide bonds. The fourth-order valence-corrected chi connectivity index (χ4v) is 3.97. The first-order chi connectivity index (χ1) is 14.2. The number of hydrogen-bond donors (Lipinski definition) is 1. The Morgan fingerprint density at radius 3 is 2.76 bits per heavy atom. The van der Waals surface area contributed by atoms with Gasteiger partial charge in [0.25, 0.3) is 11.3 Å². The second kappa shape index (κ2) is 6.35. The summed E-state index contributed by atoms with van der Waals surface area (Å²) in [4.78, 5) is 24.0. The smallest absolute Gasteiger partial charge is 0.274 e. The Morgan fingerprint density at radius 2 is 1.93 bits per heavy atom. The molecule has 1 aliphatic carbocycles. The largest absolute Gasteiger partial charge is 0.312 e. The lowest BCUT2D eigenvalue weighted by atomic mass is 10.2. The average Bonchev–Trinajstić information content (AvgIpc) is 3.34. The van der Waals surface area contributed by atoms with Crippen molar-refractivity contribution < 1.29 is 0 Å². The highest BCUT2D eigenvalue weighted by atomic mass is 16.1. The molecule has 3 aromatic heterocycles. The van der Waals surface area contributed by atoms with E-state index in [1.54, 1.807) is 6.07 Å². The van der Waals surface area contributed by atoms with Crippen LogP contribution in [-0.2, 0) is 19.6 Å². The summed E-state index contributed by atoms with van der Waals surface area (Å²) in [6, 6.07) is 11.3. The molecule has 146 valence electrons. The fraction of sp³-hybridized carbons (Fsp3) is 0.350. The average molecular weight is 388 g/mol. The fourth-order valence-electron chi connectivity index (χ4n) is 3.97. The Labute approximate surface area is 166 Å². The molecule has 0 atom stereocenters. The summed E-state index contributed by atoms with van der Waals surface area (Å²) in [6.07, 6.45) is 2.45. The third kappa shape index (κ3) is 2.94. The van der Waals surface area contributed by atoms with Crippen molar-refractivity contribution in [3.63, 3.8) is 0 Å². The Bertz CT molecular complexity index is 1250. The van der Waals surface area contributed by atoms with Crippen LogP contribution >= 0.6 is 0 Å². The van der Waals surface area contributed by atoms with Crippen LogP contribution in [0, 0.1) is 0 Å². The van der Waals surface area contributed by atoms with Crippen molar-refractivity contribution in [1.29, 1.82) is 0 Å². The Morgan fingerprint density at radius 1 is 1.07 bits per heavy atom. The van der Waals surface area contributed by atoms with Gasteiger partial charge in [0.05, 0.1) is 12.2 Å². The van der Waals surface area contributed by atoms with Crippen LogP contribution in [0.4, 0.5) is 0 Å². The van der Waals surface area contributed by atoms with E-state index in [0.29, 0.717) is 24.1 Å². The number of fused-ring (bicyclic) bond motifs is 2. The summed E-state index contributed by atoms with van der Waals surface area (Å²) in [5.41, 5.74) is 1.48. The number of H-pyrrole nitrogens is 1. The molecule has 1 saturated carbocycles. The van der Waals surface area contributed by atoms with Crippen LogP contribution in [0.1, 0.15) is 36.1 Å². The maximum atomic E-state index is 12.6. The molecule has 9 nitrogen and oxygen atoms in total. The van der Waals surface area contributed by atoms with Crippen LogP contribution in [0.15, 0.2) is 41.2 Å². The van der Waals surface area contributed by atoms with Crippen LogP contribution in [0.3, 0.4) is 0 Å². The third-order valence-electron chi connectivity index (χ3n) is 5.62. The topological polar surface area (TPSA) is 97.0 Å².